The molecule has 4 heteroatoms. The second kappa shape index (κ2) is 4.98. The standard InChI is InChI=1S/C14H19NO3/c1-9(2)13(15(3)4)14(16)10-5-6-11-12(7-10)18-8-17-11/h5-7,9,13H,8H2,1-4H3/t13-/m0/s1. The van der Waals surface area contributed by atoms with E-state index in [1.54, 1.807) is 18.2 Å². The highest BCUT2D eigenvalue weighted by Gasteiger charge is 2.26. The third-order valence-electron chi connectivity index (χ3n) is 3.11. The molecule has 0 fully saturated rings. The van der Waals surface area contributed by atoms with Gasteiger partial charge in [-0.05, 0) is 38.2 Å². The average Bonchev–Trinajstić information content (AvgIpc) is 2.74. The van der Waals surface area contributed by atoms with Gasteiger partial charge in [-0.15, -0.1) is 0 Å². The van der Waals surface area contributed by atoms with Crippen LogP contribution in [-0.4, -0.2) is 37.6 Å². The first kappa shape index (κ1) is 12.9. The zero-order valence-electron chi connectivity index (χ0n) is 11.3. The van der Waals surface area contributed by atoms with Gasteiger partial charge >= 0.3 is 0 Å². The fraction of sp³-hybridized carbons (Fsp3) is 0.500. The number of hydrogen-bond donors (Lipinski definition) is 0. The molecule has 2 rings (SSSR count). The summed E-state index contributed by atoms with van der Waals surface area (Å²) in [6, 6.07) is 5.24. The maximum absolute atomic E-state index is 12.5. The largest absolute Gasteiger partial charge is 0.454 e. The van der Waals surface area contributed by atoms with Gasteiger partial charge in [0.2, 0.25) is 6.79 Å². The van der Waals surface area contributed by atoms with Crippen molar-refractivity contribution in [1.29, 1.82) is 0 Å². The fourth-order valence-corrected chi connectivity index (χ4v) is 2.35. The smallest absolute Gasteiger partial charge is 0.231 e. The van der Waals surface area contributed by atoms with Gasteiger partial charge in [0.05, 0.1) is 6.04 Å². The lowest BCUT2D eigenvalue weighted by Crippen LogP contribution is -2.40. The monoisotopic (exact) mass is 249 g/mol. The average molecular weight is 249 g/mol. The molecule has 0 bridgehead atoms. The molecule has 18 heavy (non-hydrogen) atoms. The fourth-order valence-electron chi connectivity index (χ4n) is 2.35. The van der Waals surface area contributed by atoms with Crippen molar-refractivity contribution in [1.82, 2.24) is 4.90 Å². The third kappa shape index (κ3) is 2.34. The molecule has 1 aliphatic rings. The summed E-state index contributed by atoms with van der Waals surface area (Å²) in [5, 5.41) is 0. The summed E-state index contributed by atoms with van der Waals surface area (Å²) in [5.74, 6) is 1.74. The van der Waals surface area contributed by atoms with Crippen LogP contribution in [0.1, 0.15) is 24.2 Å². The summed E-state index contributed by atoms with van der Waals surface area (Å²) in [6.07, 6.45) is 0. The van der Waals surface area contributed by atoms with Gasteiger partial charge in [0.1, 0.15) is 0 Å². The predicted molar refractivity (Wildman–Crippen MR) is 69.2 cm³/mol. The van der Waals surface area contributed by atoms with Crippen LogP contribution in [0.5, 0.6) is 11.5 Å². The van der Waals surface area contributed by atoms with E-state index >= 15 is 0 Å². The van der Waals surface area contributed by atoms with Gasteiger partial charge in [-0.2, -0.15) is 0 Å². The van der Waals surface area contributed by atoms with Gasteiger partial charge in [0.25, 0.3) is 0 Å². The number of Topliss-reactive ketones (excluding diaryl/α,β-unsaturated/α-hetero) is 1. The quantitative estimate of drug-likeness (QED) is 0.767. The zero-order chi connectivity index (χ0) is 13.3. The lowest BCUT2D eigenvalue weighted by molar-refractivity contribution is 0.0826. The third-order valence-corrected chi connectivity index (χ3v) is 3.11. The van der Waals surface area contributed by atoms with Crippen molar-refractivity contribution >= 4 is 5.78 Å². The van der Waals surface area contributed by atoms with Crippen LogP contribution in [0.2, 0.25) is 0 Å². The molecule has 0 saturated heterocycles. The maximum atomic E-state index is 12.5. The Balaban J connectivity index is 2.28. The molecule has 0 saturated carbocycles. The van der Waals surface area contributed by atoms with E-state index in [1.807, 2.05) is 19.0 Å². The second-order valence-corrected chi connectivity index (χ2v) is 5.08. The number of ketones is 1. The molecule has 1 aliphatic heterocycles. The Kier molecular flexibility index (Phi) is 3.57. The molecule has 98 valence electrons. The molecule has 0 N–H and O–H groups in total. The first-order valence-electron chi connectivity index (χ1n) is 6.11. The van der Waals surface area contributed by atoms with Gasteiger partial charge in [-0.3, -0.25) is 9.69 Å². The van der Waals surface area contributed by atoms with E-state index in [2.05, 4.69) is 13.8 Å². The summed E-state index contributed by atoms with van der Waals surface area (Å²) >= 11 is 0. The minimum Gasteiger partial charge on any atom is -0.454 e. The van der Waals surface area contributed by atoms with Gasteiger partial charge < -0.3 is 9.47 Å². The Morgan fingerprint density at radius 2 is 1.89 bits per heavy atom. The Labute approximate surface area is 107 Å². The normalized spacial score (nSPS) is 15.2. The van der Waals surface area contributed by atoms with Crippen LogP contribution in [0.15, 0.2) is 18.2 Å². The molecule has 0 amide bonds. The number of benzene rings is 1. The van der Waals surface area contributed by atoms with E-state index in [0.29, 0.717) is 17.1 Å². The molecule has 0 aliphatic carbocycles. The number of carbonyl (C=O) groups is 1. The topological polar surface area (TPSA) is 38.8 Å². The highest BCUT2D eigenvalue weighted by atomic mass is 16.7. The van der Waals surface area contributed by atoms with Crippen molar-refractivity contribution < 1.29 is 14.3 Å². The van der Waals surface area contributed by atoms with Crippen LogP contribution in [0, 0.1) is 5.92 Å². The minimum absolute atomic E-state index is 0.119. The van der Waals surface area contributed by atoms with Crippen LogP contribution in [-0.2, 0) is 0 Å². The molecule has 4 nitrogen and oxygen atoms in total. The number of likely N-dealkylation sites (N-methyl/N-ethyl adjacent to an activating group) is 1. The lowest BCUT2D eigenvalue weighted by Gasteiger charge is -2.26. The number of carbonyl (C=O) groups excluding carboxylic acids is 1. The Morgan fingerprint density at radius 1 is 1.22 bits per heavy atom. The maximum Gasteiger partial charge on any atom is 0.231 e. The van der Waals surface area contributed by atoms with E-state index in [1.165, 1.54) is 0 Å². The Hall–Kier alpha value is -1.55. The molecule has 1 aromatic rings. The van der Waals surface area contributed by atoms with E-state index in [0.717, 1.165) is 0 Å². The van der Waals surface area contributed by atoms with Gasteiger partial charge in [-0.1, -0.05) is 13.8 Å². The minimum atomic E-state index is -0.120. The zero-order valence-corrected chi connectivity index (χ0v) is 11.3. The summed E-state index contributed by atoms with van der Waals surface area (Å²) < 4.78 is 10.5. The molecular weight excluding hydrogens is 230 g/mol. The molecular formula is C14H19NO3. The number of nitrogens with zero attached hydrogens (tertiary/aromatic N) is 1. The van der Waals surface area contributed by atoms with Crippen molar-refractivity contribution in [2.24, 2.45) is 5.92 Å². The number of ether oxygens (including phenoxy) is 2. The van der Waals surface area contributed by atoms with E-state index < -0.39 is 0 Å². The van der Waals surface area contributed by atoms with Crippen molar-refractivity contribution in [3.8, 4) is 11.5 Å². The van der Waals surface area contributed by atoms with Gasteiger partial charge in [0, 0.05) is 5.56 Å². The van der Waals surface area contributed by atoms with Crippen molar-refractivity contribution in [3.05, 3.63) is 23.8 Å². The lowest BCUT2D eigenvalue weighted by atomic mass is 9.94. The SMILES string of the molecule is CC(C)[C@@H](C(=O)c1ccc2c(c1)OCO2)N(C)C. The van der Waals surface area contributed by atoms with E-state index in [-0.39, 0.29) is 24.5 Å². The van der Waals surface area contributed by atoms with Crippen LogP contribution in [0.4, 0.5) is 0 Å². The van der Waals surface area contributed by atoms with Crippen LogP contribution >= 0.6 is 0 Å². The van der Waals surface area contributed by atoms with Crippen LogP contribution in [0.25, 0.3) is 0 Å². The molecule has 0 spiro atoms. The molecule has 1 aromatic carbocycles. The highest BCUT2D eigenvalue weighted by Crippen LogP contribution is 2.33. The predicted octanol–water partition coefficient (Wildman–Crippen LogP) is 2.18. The summed E-state index contributed by atoms with van der Waals surface area (Å²) in [6.45, 7) is 4.33. The first-order valence-corrected chi connectivity index (χ1v) is 6.11. The summed E-state index contributed by atoms with van der Waals surface area (Å²) in [7, 11) is 3.85. The first-order chi connectivity index (χ1) is 8.50. The second-order valence-electron chi connectivity index (χ2n) is 5.08. The van der Waals surface area contributed by atoms with E-state index in [4.69, 9.17) is 9.47 Å². The Bertz CT molecular complexity index is 446. The molecule has 1 heterocycles. The number of rotatable bonds is 4. The van der Waals surface area contributed by atoms with Gasteiger partial charge in [0.15, 0.2) is 17.3 Å². The van der Waals surface area contributed by atoms with Gasteiger partial charge in [-0.25, -0.2) is 0 Å². The number of hydrogen-bond acceptors (Lipinski definition) is 4. The molecule has 0 unspecified atom stereocenters. The van der Waals surface area contributed by atoms with Crippen LogP contribution < -0.4 is 9.47 Å². The van der Waals surface area contributed by atoms with Crippen molar-refractivity contribution in [3.63, 3.8) is 0 Å². The van der Waals surface area contributed by atoms with E-state index in [9.17, 15) is 4.79 Å². The number of fused-ring (bicyclic) bond motifs is 1. The summed E-state index contributed by atoms with van der Waals surface area (Å²) in [4.78, 5) is 14.4. The van der Waals surface area contributed by atoms with Crippen molar-refractivity contribution in [2.75, 3.05) is 20.9 Å². The molecule has 1 atom stereocenters. The van der Waals surface area contributed by atoms with Crippen LogP contribution in [0.3, 0.4) is 0 Å². The molecule has 0 radical (unpaired) electrons. The molecule has 0 aromatic heterocycles. The summed E-state index contributed by atoms with van der Waals surface area (Å²) in [5.41, 5.74) is 0.673. The highest BCUT2D eigenvalue weighted by molar-refractivity contribution is 6.00. The Morgan fingerprint density at radius 3 is 2.50 bits per heavy atom. The van der Waals surface area contributed by atoms with Crippen molar-refractivity contribution in [2.45, 2.75) is 19.9 Å².